The molecule has 0 aliphatic heterocycles. The van der Waals surface area contributed by atoms with Crippen LogP contribution in [0.25, 0.3) is 0 Å². The fourth-order valence-corrected chi connectivity index (χ4v) is 3.60. The number of anilines is 1. The first-order valence-electron chi connectivity index (χ1n) is 8.06. The van der Waals surface area contributed by atoms with Gasteiger partial charge in [0, 0.05) is 5.02 Å². The molecule has 7 nitrogen and oxygen atoms in total. The number of hydrogen-bond donors (Lipinski definition) is 2. The fraction of sp³-hybridized carbons (Fsp3) is 0.222. The summed E-state index contributed by atoms with van der Waals surface area (Å²) in [7, 11) is -3.87. The minimum Gasteiger partial charge on any atom is -0.455 e. The Kier molecular flexibility index (Phi) is 7.42. The van der Waals surface area contributed by atoms with Gasteiger partial charge in [-0.2, -0.15) is 4.72 Å². The molecule has 1 amide bonds. The van der Waals surface area contributed by atoms with Gasteiger partial charge in [0.15, 0.2) is 6.61 Å². The Morgan fingerprint density at radius 3 is 2.39 bits per heavy atom. The summed E-state index contributed by atoms with van der Waals surface area (Å²) < 4.78 is 31.3. The second-order valence-electron chi connectivity index (χ2n) is 5.90. The number of nitrogens with one attached hydrogen (secondary N) is 2. The van der Waals surface area contributed by atoms with Gasteiger partial charge in [-0.05, 0) is 55.3 Å². The standard InChI is InChI=1S/C18H18Cl2N2O5S/c1-11-3-5-14(7-12(11)2)28(25,26)21-9-18(24)27-10-17(23)22-16-6-4-13(19)8-15(16)20/h3-8,21H,9-10H2,1-2H3,(H,22,23). The normalized spacial score (nSPS) is 11.1. The summed E-state index contributed by atoms with van der Waals surface area (Å²) >= 11 is 11.7. The van der Waals surface area contributed by atoms with Gasteiger partial charge in [0.2, 0.25) is 10.0 Å². The van der Waals surface area contributed by atoms with Crippen molar-refractivity contribution in [3.8, 4) is 0 Å². The summed E-state index contributed by atoms with van der Waals surface area (Å²) in [4.78, 5) is 23.6. The molecular formula is C18H18Cl2N2O5S. The van der Waals surface area contributed by atoms with Gasteiger partial charge in [0.1, 0.15) is 6.54 Å². The van der Waals surface area contributed by atoms with Crippen LogP contribution in [-0.4, -0.2) is 33.4 Å². The Labute approximate surface area is 173 Å². The van der Waals surface area contributed by atoms with Gasteiger partial charge in [-0.1, -0.05) is 29.3 Å². The van der Waals surface area contributed by atoms with Crippen molar-refractivity contribution in [2.24, 2.45) is 0 Å². The SMILES string of the molecule is Cc1ccc(S(=O)(=O)NCC(=O)OCC(=O)Nc2ccc(Cl)cc2Cl)cc1C. The van der Waals surface area contributed by atoms with Crippen molar-refractivity contribution in [2.75, 3.05) is 18.5 Å². The lowest BCUT2D eigenvalue weighted by molar-refractivity contribution is -0.146. The van der Waals surface area contributed by atoms with Gasteiger partial charge in [-0.15, -0.1) is 0 Å². The first kappa shape index (κ1) is 22.2. The number of ether oxygens (including phenoxy) is 1. The van der Waals surface area contributed by atoms with Crippen LogP contribution in [0.4, 0.5) is 5.69 Å². The molecule has 2 rings (SSSR count). The molecule has 0 heterocycles. The second-order valence-corrected chi connectivity index (χ2v) is 8.51. The summed E-state index contributed by atoms with van der Waals surface area (Å²) in [5, 5.41) is 3.09. The summed E-state index contributed by atoms with van der Waals surface area (Å²) in [6, 6.07) is 9.12. The van der Waals surface area contributed by atoms with Gasteiger partial charge in [-0.3, -0.25) is 9.59 Å². The smallest absolute Gasteiger partial charge is 0.321 e. The van der Waals surface area contributed by atoms with Crippen LogP contribution in [0.2, 0.25) is 10.0 Å². The number of aryl methyl sites for hydroxylation is 2. The molecule has 0 fully saturated rings. The van der Waals surface area contributed by atoms with Crippen LogP contribution in [0.3, 0.4) is 0 Å². The molecule has 150 valence electrons. The zero-order valence-corrected chi connectivity index (χ0v) is 17.4. The Morgan fingerprint density at radius 2 is 1.75 bits per heavy atom. The highest BCUT2D eigenvalue weighted by Gasteiger charge is 2.17. The van der Waals surface area contributed by atoms with Gasteiger partial charge in [0.25, 0.3) is 5.91 Å². The zero-order chi connectivity index (χ0) is 20.9. The van der Waals surface area contributed by atoms with Crippen LogP contribution in [0, 0.1) is 13.8 Å². The van der Waals surface area contributed by atoms with E-state index < -0.39 is 35.1 Å². The van der Waals surface area contributed by atoms with Gasteiger partial charge < -0.3 is 10.1 Å². The highest BCUT2D eigenvalue weighted by atomic mass is 35.5. The van der Waals surface area contributed by atoms with Crippen LogP contribution in [-0.2, 0) is 24.3 Å². The molecule has 0 aliphatic rings. The number of carbonyl (C=O) groups excluding carboxylic acids is 2. The lowest BCUT2D eigenvalue weighted by atomic mass is 10.1. The van der Waals surface area contributed by atoms with Crippen molar-refractivity contribution >= 4 is 50.8 Å². The van der Waals surface area contributed by atoms with Crippen LogP contribution >= 0.6 is 23.2 Å². The van der Waals surface area contributed by atoms with Gasteiger partial charge in [-0.25, -0.2) is 8.42 Å². The third-order valence-electron chi connectivity index (χ3n) is 3.76. The summed E-state index contributed by atoms with van der Waals surface area (Å²) in [6.07, 6.45) is 0. The van der Waals surface area contributed by atoms with Crippen molar-refractivity contribution in [1.82, 2.24) is 4.72 Å². The fourth-order valence-electron chi connectivity index (χ4n) is 2.09. The molecule has 0 atom stereocenters. The van der Waals surface area contributed by atoms with E-state index in [-0.39, 0.29) is 9.92 Å². The summed E-state index contributed by atoms with van der Waals surface area (Å²) in [5.41, 5.74) is 2.07. The number of sulfonamides is 1. The zero-order valence-electron chi connectivity index (χ0n) is 15.1. The molecule has 0 saturated carbocycles. The number of benzene rings is 2. The Bertz CT molecular complexity index is 1010. The average molecular weight is 445 g/mol. The molecule has 0 unspecified atom stereocenters. The topological polar surface area (TPSA) is 102 Å². The molecule has 0 aromatic heterocycles. The van der Waals surface area contributed by atoms with E-state index >= 15 is 0 Å². The van der Waals surface area contributed by atoms with Gasteiger partial charge in [0.05, 0.1) is 15.6 Å². The summed E-state index contributed by atoms with van der Waals surface area (Å²) in [5.74, 6) is -1.53. The first-order chi connectivity index (χ1) is 13.1. The number of carbonyl (C=O) groups is 2. The minimum atomic E-state index is -3.87. The lowest BCUT2D eigenvalue weighted by Crippen LogP contribution is -2.32. The second kappa shape index (κ2) is 9.38. The minimum absolute atomic E-state index is 0.0403. The van der Waals surface area contributed by atoms with E-state index in [1.807, 2.05) is 6.92 Å². The Morgan fingerprint density at radius 1 is 1.04 bits per heavy atom. The maximum atomic E-state index is 12.2. The molecule has 2 aromatic rings. The van der Waals surface area contributed by atoms with E-state index in [2.05, 4.69) is 10.0 Å². The molecule has 28 heavy (non-hydrogen) atoms. The largest absolute Gasteiger partial charge is 0.455 e. The molecule has 2 N–H and O–H groups in total. The van der Waals surface area contributed by atoms with Crippen LogP contribution in [0.5, 0.6) is 0 Å². The Balaban J connectivity index is 1.84. The van der Waals surface area contributed by atoms with Crippen LogP contribution in [0.15, 0.2) is 41.3 Å². The van der Waals surface area contributed by atoms with Crippen molar-refractivity contribution in [3.05, 3.63) is 57.6 Å². The number of hydrogen-bond acceptors (Lipinski definition) is 5. The van der Waals surface area contributed by atoms with Gasteiger partial charge >= 0.3 is 5.97 Å². The number of esters is 1. The van der Waals surface area contributed by atoms with Crippen molar-refractivity contribution in [3.63, 3.8) is 0 Å². The molecule has 10 heteroatoms. The monoisotopic (exact) mass is 444 g/mol. The van der Waals surface area contributed by atoms with Crippen molar-refractivity contribution < 1.29 is 22.7 Å². The lowest BCUT2D eigenvalue weighted by Gasteiger charge is -2.10. The quantitative estimate of drug-likeness (QED) is 0.638. The van der Waals surface area contributed by atoms with Crippen LogP contribution < -0.4 is 10.0 Å². The Hall–Kier alpha value is -2.13. The van der Waals surface area contributed by atoms with E-state index in [1.165, 1.54) is 30.3 Å². The predicted molar refractivity (Wildman–Crippen MR) is 107 cm³/mol. The van der Waals surface area contributed by atoms with E-state index in [4.69, 9.17) is 27.9 Å². The number of amides is 1. The van der Waals surface area contributed by atoms with E-state index in [0.717, 1.165) is 11.1 Å². The number of rotatable bonds is 7. The number of halogens is 2. The molecule has 0 bridgehead atoms. The van der Waals surface area contributed by atoms with E-state index in [0.29, 0.717) is 10.7 Å². The third-order valence-corrected chi connectivity index (χ3v) is 5.71. The van der Waals surface area contributed by atoms with Crippen molar-refractivity contribution in [1.29, 1.82) is 0 Å². The predicted octanol–water partition coefficient (Wildman–Crippen LogP) is 3.07. The molecule has 2 aromatic carbocycles. The highest BCUT2D eigenvalue weighted by Crippen LogP contribution is 2.25. The average Bonchev–Trinajstić information content (AvgIpc) is 2.63. The maximum absolute atomic E-state index is 12.2. The van der Waals surface area contributed by atoms with Crippen LogP contribution in [0.1, 0.15) is 11.1 Å². The van der Waals surface area contributed by atoms with E-state index in [1.54, 1.807) is 13.0 Å². The van der Waals surface area contributed by atoms with Crippen molar-refractivity contribution in [2.45, 2.75) is 18.7 Å². The molecule has 0 radical (unpaired) electrons. The summed E-state index contributed by atoms with van der Waals surface area (Å²) in [6.45, 7) is 2.44. The molecule has 0 aliphatic carbocycles. The molecule has 0 spiro atoms. The third kappa shape index (κ3) is 6.20. The molecular weight excluding hydrogens is 427 g/mol. The molecule has 0 saturated heterocycles. The first-order valence-corrected chi connectivity index (χ1v) is 10.3. The van der Waals surface area contributed by atoms with E-state index in [9.17, 15) is 18.0 Å². The highest BCUT2D eigenvalue weighted by molar-refractivity contribution is 7.89. The maximum Gasteiger partial charge on any atom is 0.321 e.